The number of nitriles is 1. The van der Waals surface area contributed by atoms with Gasteiger partial charge in [-0.05, 0) is 37.1 Å². The monoisotopic (exact) mass is 264 g/mol. The van der Waals surface area contributed by atoms with E-state index in [0.717, 1.165) is 12.1 Å². The first kappa shape index (κ1) is 15.0. The van der Waals surface area contributed by atoms with E-state index in [0.29, 0.717) is 16.6 Å². The molecule has 0 fully saturated rings. The Kier molecular flexibility index (Phi) is 4.78. The highest BCUT2D eigenvalue weighted by atomic mass is 35.5. The van der Waals surface area contributed by atoms with Crippen LogP contribution in [0.25, 0.3) is 0 Å². The molecule has 0 heterocycles. The van der Waals surface area contributed by atoms with Gasteiger partial charge >= 0.3 is 0 Å². The van der Waals surface area contributed by atoms with Gasteiger partial charge in [0.1, 0.15) is 0 Å². The zero-order valence-corrected chi connectivity index (χ0v) is 12.5. The summed E-state index contributed by atoms with van der Waals surface area (Å²) in [5.74, 6) is 0. The molecule has 0 bridgehead atoms. The number of rotatable bonds is 3. The summed E-state index contributed by atoms with van der Waals surface area (Å²) in [6.45, 7) is 9.71. The maximum atomic E-state index is 8.81. The fourth-order valence-corrected chi connectivity index (χ4v) is 2.05. The Labute approximate surface area is 115 Å². The normalized spacial score (nSPS) is 13.4. The van der Waals surface area contributed by atoms with Gasteiger partial charge in [-0.1, -0.05) is 38.4 Å². The molecule has 0 spiro atoms. The number of hydrogen-bond donors (Lipinski definition) is 0. The maximum absolute atomic E-state index is 8.81. The van der Waals surface area contributed by atoms with Crippen molar-refractivity contribution in [3.05, 3.63) is 34.3 Å². The first-order chi connectivity index (χ1) is 8.25. The average Bonchev–Trinajstić information content (AvgIpc) is 2.29. The minimum atomic E-state index is 0.230. The molecule has 18 heavy (non-hydrogen) atoms. The van der Waals surface area contributed by atoms with Gasteiger partial charge in [0.15, 0.2) is 0 Å². The van der Waals surface area contributed by atoms with Gasteiger partial charge in [0.05, 0.1) is 11.6 Å². The molecule has 0 N–H and O–H groups in total. The Hall–Kier alpha value is -1.04. The van der Waals surface area contributed by atoms with Crippen LogP contribution in [-0.4, -0.2) is 18.0 Å². The lowest BCUT2D eigenvalue weighted by Crippen LogP contribution is -2.38. The fraction of sp³-hybridized carbons (Fsp3) is 0.533. The van der Waals surface area contributed by atoms with Crippen molar-refractivity contribution >= 4 is 11.6 Å². The van der Waals surface area contributed by atoms with E-state index < -0.39 is 0 Å². The van der Waals surface area contributed by atoms with Crippen LogP contribution < -0.4 is 0 Å². The minimum Gasteiger partial charge on any atom is -0.299 e. The number of benzene rings is 1. The molecule has 1 aromatic carbocycles. The van der Waals surface area contributed by atoms with Gasteiger partial charge in [-0.25, -0.2) is 0 Å². The molecule has 0 aliphatic rings. The first-order valence-electron chi connectivity index (χ1n) is 6.14. The summed E-state index contributed by atoms with van der Waals surface area (Å²) in [4.78, 5) is 2.28. The van der Waals surface area contributed by atoms with Gasteiger partial charge in [-0.2, -0.15) is 5.26 Å². The van der Waals surface area contributed by atoms with Crippen molar-refractivity contribution in [3.63, 3.8) is 0 Å². The van der Waals surface area contributed by atoms with Crippen molar-refractivity contribution in [1.29, 1.82) is 5.26 Å². The predicted octanol–water partition coefficient (Wildman–Crippen LogP) is 4.08. The van der Waals surface area contributed by atoms with Crippen LogP contribution >= 0.6 is 11.6 Å². The molecular formula is C15H21ClN2. The zero-order chi connectivity index (χ0) is 13.9. The fourth-order valence-electron chi connectivity index (χ4n) is 1.81. The molecule has 1 aromatic rings. The van der Waals surface area contributed by atoms with E-state index in [2.05, 4.69) is 45.7 Å². The summed E-state index contributed by atoms with van der Waals surface area (Å²) in [5.41, 5.74) is 1.90. The first-order valence-corrected chi connectivity index (χ1v) is 6.52. The van der Waals surface area contributed by atoms with E-state index in [1.165, 1.54) is 0 Å². The molecule has 3 heteroatoms. The highest BCUT2D eigenvalue weighted by molar-refractivity contribution is 6.31. The molecule has 1 unspecified atom stereocenters. The smallest absolute Gasteiger partial charge is 0.0992 e. The van der Waals surface area contributed by atoms with Crippen LogP contribution in [0.3, 0.4) is 0 Å². The van der Waals surface area contributed by atoms with Crippen LogP contribution in [0.2, 0.25) is 5.02 Å². The predicted molar refractivity (Wildman–Crippen MR) is 76.6 cm³/mol. The summed E-state index contributed by atoms with van der Waals surface area (Å²) >= 11 is 6.19. The van der Waals surface area contributed by atoms with Crippen LogP contribution in [0, 0.1) is 16.7 Å². The van der Waals surface area contributed by atoms with Crippen molar-refractivity contribution in [2.75, 3.05) is 7.05 Å². The lowest BCUT2D eigenvalue weighted by molar-refractivity contribution is 0.135. The summed E-state index contributed by atoms with van der Waals surface area (Å²) in [7, 11) is 2.10. The standard InChI is InChI=1S/C15H21ClN2/c1-11(15(2,3)4)18(5)10-13-7-6-12(9-17)8-14(13)16/h6-8,11H,10H2,1-5H3. The Morgan fingerprint density at radius 1 is 1.39 bits per heavy atom. The molecule has 1 rings (SSSR count). The minimum absolute atomic E-state index is 0.230. The molecular weight excluding hydrogens is 244 g/mol. The molecule has 0 saturated heterocycles. The Bertz CT molecular complexity index is 455. The summed E-state index contributed by atoms with van der Waals surface area (Å²) < 4.78 is 0. The van der Waals surface area contributed by atoms with Gasteiger partial charge in [0, 0.05) is 17.6 Å². The molecule has 0 aromatic heterocycles. The summed E-state index contributed by atoms with van der Waals surface area (Å²) in [6.07, 6.45) is 0. The van der Waals surface area contributed by atoms with E-state index in [1.807, 2.05) is 12.1 Å². The molecule has 98 valence electrons. The van der Waals surface area contributed by atoms with Gasteiger partial charge in [0.25, 0.3) is 0 Å². The van der Waals surface area contributed by atoms with Crippen molar-refractivity contribution in [2.24, 2.45) is 5.41 Å². The maximum Gasteiger partial charge on any atom is 0.0992 e. The topological polar surface area (TPSA) is 27.0 Å². The van der Waals surface area contributed by atoms with Crippen LogP contribution in [-0.2, 0) is 6.54 Å². The molecule has 0 aliphatic carbocycles. The molecule has 2 nitrogen and oxygen atoms in total. The second-order valence-corrected chi connectivity index (χ2v) is 6.28. The van der Waals surface area contributed by atoms with Crippen LogP contribution in [0.4, 0.5) is 0 Å². The molecule has 0 radical (unpaired) electrons. The van der Waals surface area contributed by atoms with E-state index in [4.69, 9.17) is 16.9 Å². The van der Waals surface area contributed by atoms with Gasteiger partial charge in [0.2, 0.25) is 0 Å². The van der Waals surface area contributed by atoms with Crippen LogP contribution in [0.1, 0.15) is 38.8 Å². The highest BCUT2D eigenvalue weighted by Gasteiger charge is 2.24. The van der Waals surface area contributed by atoms with Crippen molar-refractivity contribution < 1.29 is 0 Å². The summed E-state index contributed by atoms with van der Waals surface area (Å²) in [6, 6.07) is 8.03. The Morgan fingerprint density at radius 3 is 2.44 bits per heavy atom. The molecule has 0 amide bonds. The van der Waals surface area contributed by atoms with Crippen LogP contribution in [0.15, 0.2) is 18.2 Å². The number of halogens is 1. The average molecular weight is 265 g/mol. The molecule has 0 aliphatic heterocycles. The van der Waals surface area contributed by atoms with E-state index in [-0.39, 0.29) is 5.41 Å². The van der Waals surface area contributed by atoms with E-state index in [1.54, 1.807) is 6.07 Å². The Morgan fingerprint density at radius 2 is 2.00 bits per heavy atom. The molecule has 0 saturated carbocycles. The van der Waals surface area contributed by atoms with E-state index in [9.17, 15) is 0 Å². The van der Waals surface area contributed by atoms with Gasteiger partial charge in [-0.3, -0.25) is 4.90 Å². The third-order valence-corrected chi connectivity index (χ3v) is 3.87. The zero-order valence-electron chi connectivity index (χ0n) is 11.8. The second kappa shape index (κ2) is 5.73. The van der Waals surface area contributed by atoms with Crippen LogP contribution in [0.5, 0.6) is 0 Å². The quantitative estimate of drug-likeness (QED) is 0.823. The number of nitrogens with zero attached hydrogens (tertiary/aromatic N) is 2. The largest absolute Gasteiger partial charge is 0.299 e. The van der Waals surface area contributed by atoms with Gasteiger partial charge in [-0.15, -0.1) is 0 Å². The third-order valence-electron chi connectivity index (χ3n) is 3.52. The number of hydrogen-bond acceptors (Lipinski definition) is 2. The van der Waals surface area contributed by atoms with E-state index >= 15 is 0 Å². The summed E-state index contributed by atoms with van der Waals surface area (Å²) in [5, 5.41) is 9.48. The SMILES string of the molecule is CC(N(C)Cc1ccc(C#N)cc1Cl)C(C)(C)C. The lowest BCUT2D eigenvalue weighted by atomic mass is 9.87. The Balaban J connectivity index is 2.83. The third kappa shape index (κ3) is 3.73. The second-order valence-electron chi connectivity index (χ2n) is 5.88. The van der Waals surface area contributed by atoms with Crippen molar-refractivity contribution in [1.82, 2.24) is 4.90 Å². The van der Waals surface area contributed by atoms with Crippen molar-refractivity contribution in [3.8, 4) is 6.07 Å². The van der Waals surface area contributed by atoms with Gasteiger partial charge < -0.3 is 0 Å². The van der Waals surface area contributed by atoms with Crippen molar-refractivity contribution in [2.45, 2.75) is 40.3 Å². The molecule has 1 atom stereocenters. The lowest BCUT2D eigenvalue weighted by Gasteiger charge is -2.35. The highest BCUT2D eigenvalue weighted by Crippen LogP contribution is 2.26.